The normalized spacial score (nSPS) is 14.1. The number of ether oxygens (including phenoxy) is 1. The summed E-state index contributed by atoms with van der Waals surface area (Å²) < 4.78 is 5.44. The van der Waals surface area contributed by atoms with Crippen molar-refractivity contribution in [3.8, 4) is 11.1 Å². The summed E-state index contributed by atoms with van der Waals surface area (Å²) in [4.78, 5) is 23.7. The van der Waals surface area contributed by atoms with Crippen molar-refractivity contribution in [2.75, 3.05) is 18.9 Å². The molecule has 0 heterocycles. The van der Waals surface area contributed by atoms with E-state index in [0.29, 0.717) is 0 Å². The molecule has 3 aromatic rings. The van der Waals surface area contributed by atoms with Gasteiger partial charge in [-0.1, -0.05) is 54.6 Å². The molecule has 0 aromatic heterocycles. The van der Waals surface area contributed by atoms with E-state index in [9.17, 15) is 24.9 Å². The van der Waals surface area contributed by atoms with Crippen molar-refractivity contribution in [2.24, 2.45) is 0 Å². The second-order valence-corrected chi connectivity index (χ2v) is 8.21. The number of rotatable bonds is 8. The molecule has 0 fully saturated rings. The van der Waals surface area contributed by atoms with Gasteiger partial charge in [0.1, 0.15) is 12.7 Å². The van der Waals surface area contributed by atoms with Gasteiger partial charge in [-0.15, -0.1) is 0 Å². The van der Waals surface area contributed by atoms with Gasteiger partial charge in [0.15, 0.2) is 0 Å². The van der Waals surface area contributed by atoms with Crippen molar-refractivity contribution < 1.29 is 29.6 Å². The molecule has 176 valence electrons. The molecule has 1 amide bonds. The van der Waals surface area contributed by atoms with Crippen LogP contribution < -0.4 is 11.1 Å². The highest BCUT2D eigenvalue weighted by Gasteiger charge is 2.29. The fourth-order valence-electron chi connectivity index (χ4n) is 4.35. The van der Waals surface area contributed by atoms with E-state index in [4.69, 9.17) is 10.5 Å². The standard InChI is InChI=1S/C26H26N2O6/c27-15-9-10-20(21(13-15)25(31)32)24(30)23(29)11-12-28-26(33)34-14-22-18-7-3-1-5-16(18)17-6-2-4-8-19(17)22/h1-10,13,22-24,29-30H,11-12,14,27H2,(H,28,33)(H,31,32). The Hall–Kier alpha value is -3.88. The van der Waals surface area contributed by atoms with E-state index in [1.54, 1.807) is 0 Å². The Bertz CT molecular complexity index is 1170. The fourth-order valence-corrected chi connectivity index (χ4v) is 4.35. The number of aromatic carboxylic acids is 1. The molecule has 4 rings (SSSR count). The molecule has 0 spiro atoms. The van der Waals surface area contributed by atoms with Gasteiger partial charge in [-0.05, 0) is 46.4 Å². The first-order valence-corrected chi connectivity index (χ1v) is 10.9. The topological polar surface area (TPSA) is 142 Å². The number of benzene rings is 3. The largest absolute Gasteiger partial charge is 0.478 e. The second-order valence-electron chi connectivity index (χ2n) is 8.21. The predicted octanol–water partition coefficient (Wildman–Crippen LogP) is 3.29. The van der Waals surface area contributed by atoms with E-state index >= 15 is 0 Å². The number of carbonyl (C=O) groups excluding carboxylic acids is 1. The van der Waals surface area contributed by atoms with Gasteiger partial charge in [0.05, 0.1) is 11.7 Å². The summed E-state index contributed by atoms with van der Waals surface area (Å²) >= 11 is 0. The molecule has 0 aliphatic heterocycles. The van der Waals surface area contributed by atoms with Gasteiger partial charge in [-0.3, -0.25) is 0 Å². The minimum absolute atomic E-state index is 0.00516. The molecule has 8 heteroatoms. The van der Waals surface area contributed by atoms with Crippen LogP contribution in [0.2, 0.25) is 0 Å². The Balaban J connectivity index is 1.30. The van der Waals surface area contributed by atoms with Gasteiger partial charge in [0.2, 0.25) is 0 Å². The van der Waals surface area contributed by atoms with Crippen LogP contribution in [0.25, 0.3) is 11.1 Å². The molecule has 2 atom stereocenters. The van der Waals surface area contributed by atoms with Gasteiger partial charge in [0, 0.05) is 18.2 Å². The summed E-state index contributed by atoms with van der Waals surface area (Å²) in [5, 5.41) is 32.6. The number of aliphatic hydroxyl groups is 2. The van der Waals surface area contributed by atoms with Gasteiger partial charge in [-0.2, -0.15) is 0 Å². The molecule has 1 aliphatic carbocycles. The number of carboxylic acid groups (broad SMARTS) is 1. The van der Waals surface area contributed by atoms with Crippen LogP contribution in [0.4, 0.5) is 10.5 Å². The van der Waals surface area contributed by atoms with E-state index in [1.165, 1.54) is 18.2 Å². The van der Waals surface area contributed by atoms with Crippen molar-refractivity contribution in [2.45, 2.75) is 24.5 Å². The van der Waals surface area contributed by atoms with Crippen LogP contribution in [0, 0.1) is 0 Å². The first-order valence-electron chi connectivity index (χ1n) is 10.9. The van der Waals surface area contributed by atoms with E-state index in [2.05, 4.69) is 17.4 Å². The van der Waals surface area contributed by atoms with Crippen molar-refractivity contribution >= 4 is 17.7 Å². The average molecular weight is 463 g/mol. The quantitative estimate of drug-likeness (QED) is 0.323. The lowest BCUT2D eigenvalue weighted by Crippen LogP contribution is -2.31. The highest BCUT2D eigenvalue weighted by molar-refractivity contribution is 5.90. The highest BCUT2D eigenvalue weighted by Crippen LogP contribution is 2.44. The Labute approximate surface area is 196 Å². The molecule has 2 unspecified atom stereocenters. The summed E-state index contributed by atoms with van der Waals surface area (Å²) in [6.07, 6.45) is -3.39. The molecule has 8 nitrogen and oxygen atoms in total. The van der Waals surface area contributed by atoms with Gasteiger partial charge in [0.25, 0.3) is 0 Å². The second kappa shape index (κ2) is 9.94. The van der Waals surface area contributed by atoms with Gasteiger partial charge >= 0.3 is 12.1 Å². The number of alkyl carbamates (subject to hydrolysis) is 1. The molecule has 34 heavy (non-hydrogen) atoms. The molecule has 3 aromatic carbocycles. The number of amides is 1. The maximum atomic E-state index is 12.3. The number of hydrogen-bond donors (Lipinski definition) is 5. The van der Waals surface area contributed by atoms with Crippen LogP contribution in [0.5, 0.6) is 0 Å². The molecule has 1 aliphatic rings. The molecule has 6 N–H and O–H groups in total. The zero-order valence-electron chi connectivity index (χ0n) is 18.3. The Morgan fingerprint density at radius 1 is 0.971 bits per heavy atom. The van der Waals surface area contributed by atoms with Crippen LogP contribution in [-0.2, 0) is 4.74 Å². The lowest BCUT2D eigenvalue weighted by molar-refractivity contribution is 0.0128. The number of nitrogens with two attached hydrogens (primary N) is 1. The fraction of sp³-hybridized carbons (Fsp3) is 0.231. The highest BCUT2D eigenvalue weighted by atomic mass is 16.5. The molecular weight excluding hydrogens is 436 g/mol. The van der Waals surface area contributed by atoms with Crippen LogP contribution in [0.1, 0.15) is 45.5 Å². The maximum absolute atomic E-state index is 12.3. The number of hydrogen-bond acceptors (Lipinski definition) is 6. The molecule has 0 saturated carbocycles. The molecule has 0 bridgehead atoms. The minimum atomic E-state index is -1.45. The Morgan fingerprint density at radius 2 is 1.59 bits per heavy atom. The van der Waals surface area contributed by atoms with Crippen LogP contribution >= 0.6 is 0 Å². The van der Waals surface area contributed by atoms with Gasteiger partial charge < -0.3 is 31.1 Å². The Kier molecular flexibility index (Phi) is 6.81. The third-order valence-electron chi connectivity index (χ3n) is 6.04. The van der Waals surface area contributed by atoms with E-state index in [-0.39, 0.29) is 42.3 Å². The summed E-state index contributed by atoms with van der Waals surface area (Å²) in [6, 6.07) is 20.1. The number of carbonyl (C=O) groups is 2. The smallest absolute Gasteiger partial charge is 0.407 e. The summed E-state index contributed by atoms with van der Waals surface area (Å²) in [5.41, 5.74) is 10.2. The van der Waals surface area contributed by atoms with Crippen molar-refractivity contribution in [1.29, 1.82) is 0 Å². The van der Waals surface area contributed by atoms with Crippen LogP contribution in [0.15, 0.2) is 66.7 Å². The number of nitrogens with one attached hydrogen (secondary N) is 1. The summed E-state index contributed by atoms with van der Waals surface area (Å²) in [7, 11) is 0. The van der Waals surface area contributed by atoms with E-state index in [1.807, 2.05) is 36.4 Å². The number of aliphatic hydroxyl groups excluding tert-OH is 2. The maximum Gasteiger partial charge on any atom is 0.407 e. The zero-order valence-corrected chi connectivity index (χ0v) is 18.3. The molecule has 0 saturated heterocycles. The first-order chi connectivity index (χ1) is 16.4. The first kappa shape index (κ1) is 23.3. The Morgan fingerprint density at radius 3 is 2.21 bits per heavy atom. The number of fused-ring (bicyclic) bond motifs is 3. The monoisotopic (exact) mass is 462 g/mol. The average Bonchev–Trinajstić information content (AvgIpc) is 3.16. The third-order valence-corrected chi connectivity index (χ3v) is 6.04. The third kappa shape index (κ3) is 4.73. The lowest BCUT2D eigenvalue weighted by atomic mass is 9.96. The van der Waals surface area contributed by atoms with Crippen LogP contribution in [0.3, 0.4) is 0 Å². The SMILES string of the molecule is Nc1ccc(C(O)C(O)CCNC(=O)OCC2c3ccccc3-c3ccccc32)c(C(=O)O)c1. The van der Waals surface area contributed by atoms with E-state index in [0.717, 1.165) is 22.3 Å². The summed E-state index contributed by atoms with van der Waals surface area (Å²) in [6.45, 7) is 0.199. The zero-order chi connectivity index (χ0) is 24.2. The lowest BCUT2D eigenvalue weighted by Gasteiger charge is -2.20. The molecule has 0 radical (unpaired) electrons. The van der Waals surface area contributed by atoms with Crippen molar-refractivity contribution in [3.05, 3.63) is 89.0 Å². The van der Waals surface area contributed by atoms with Gasteiger partial charge in [-0.25, -0.2) is 9.59 Å². The van der Waals surface area contributed by atoms with Crippen LogP contribution in [-0.4, -0.2) is 46.6 Å². The summed E-state index contributed by atoms with van der Waals surface area (Å²) in [5.74, 6) is -1.32. The predicted molar refractivity (Wildman–Crippen MR) is 126 cm³/mol. The molecular formula is C26H26N2O6. The van der Waals surface area contributed by atoms with Crippen molar-refractivity contribution in [3.63, 3.8) is 0 Å². The minimum Gasteiger partial charge on any atom is -0.478 e. The van der Waals surface area contributed by atoms with Crippen molar-refractivity contribution in [1.82, 2.24) is 5.32 Å². The number of anilines is 1. The van der Waals surface area contributed by atoms with E-state index < -0.39 is 24.3 Å². The number of nitrogen functional groups attached to an aromatic ring is 1. The number of carboxylic acids is 1.